The van der Waals surface area contributed by atoms with Gasteiger partial charge in [-0.1, -0.05) is 18.2 Å². The van der Waals surface area contributed by atoms with E-state index in [1.54, 1.807) is 24.3 Å². The number of hydrogen-bond donors (Lipinski definition) is 0. The van der Waals surface area contributed by atoms with Crippen LogP contribution in [0.4, 0.5) is 5.69 Å². The van der Waals surface area contributed by atoms with Gasteiger partial charge in [0, 0.05) is 0 Å². The maximum atomic E-state index is 12.7. The number of carbonyl (C=O) groups is 2. The van der Waals surface area contributed by atoms with Crippen molar-refractivity contribution in [1.29, 1.82) is 0 Å². The van der Waals surface area contributed by atoms with Gasteiger partial charge in [-0.25, -0.2) is 4.90 Å². The Morgan fingerprint density at radius 1 is 0.840 bits per heavy atom. The lowest BCUT2D eigenvalue weighted by Crippen LogP contribution is -2.40. The van der Waals surface area contributed by atoms with E-state index in [4.69, 9.17) is 4.74 Å². The Morgan fingerprint density at radius 2 is 1.48 bits per heavy atom. The van der Waals surface area contributed by atoms with Crippen molar-refractivity contribution in [2.75, 3.05) is 18.0 Å². The topological polar surface area (TPSA) is 49.9 Å². The fourth-order valence-corrected chi connectivity index (χ4v) is 3.51. The maximum Gasteiger partial charge on any atom is 0.251 e. The Labute approximate surface area is 146 Å². The molecule has 0 radical (unpaired) electrons. The lowest BCUT2D eigenvalue weighted by Gasteiger charge is -2.21. The fourth-order valence-electron chi connectivity index (χ4n) is 3.51. The van der Waals surface area contributed by atoms with Crippen molar-refractivity contribution in [3.05, 3.63) is 54.6 Å². The fraction of sp³-hybridized carbons (Fsp3) is 0.300. The minimum atomic E-state index is -0.296. The molecule has 0 aromatic heterocycles. The van der Waals surface area contributed by atoms with E-state index in [1.807, 2.05) is 30.3 Å². The third-order valence-corrected chi connectivity index (χ3v) is 4.78. The van der Waals surface area contributed by atoms with Gasteiger partial charge in [0.2, 0.25) is 5.91 Å². The predicted octanol–water partition coefficient (Wildman–Crippen LogP) is 3.21. The van der Waals surface area contributed by atoms with E-state index < -0.39 is 0 Å². The summed E-state index contributed by atoms with van der Waals surface area (Å²) in [5, 5.41) is 0. The van der Waals surface area contributed by atoms with Crippen molar-refractivity contribution in [2.24, 2.45) is 0 Å². The van der Waals surface area contributed by atoms with Gasteiger partial charge in [-0.2, -0.15) is 0 Å². The Kier molecular flexibility index (Phi) is 4.24. The van der Waals surface area contributed by atoms with E-state index in [0.717, 1.165) is 31.7 Å². The molecule has 2 aromatic carbocycles. The molecule has 25 heavy (non-hydrogen) atoms. The summed E-state index contributed by atoms with van der Waals surface area (Å²) in [6.07, 6.45) is 2.48. The number of anilines is 1. The third-order valence-electron chi connectivity index (χ3n) is 4.78. The second kappa shape index (κ2) is 6.69. The Balaban J connectivity index is 1.49. The Morgan fingerprint density at radius 3 is 2.16 bits per heavy atom. The van der Waals surface area contributed by atoms with Crippen molar-refractivity contribution in [2.45, 2.75) is 25.3 Å². The van der Waals surface area contributed by atoms with Crippen LogP contribution in [0.2, 0.25) is 0 Å². The van der Waals surface area contributed by atoms with Crippen LogP contribution in [0.25, 0.3) is 0 Å². The molecule has 2 fully saturated rings. The number of hydrogen-bond acceptors (Lipinski definition) is 4. The van der Waals surface area contributed by atoms with Gasteiger partial charge in [0.1, 0.15) is 11.5 Å². The zero-order chi connectivity index (χ0) is 17.2. The minimum Gasteiger partial charge on any atom is -0.457 e. The van der Waals surface area contributed by atoms with Gasteiger partial charge in [-0.3, -0.25) is 14.5 Å². The van der Waals surface area contributed by atoms with Gasteiger partial charge >= 0.3 is 0 Å². The summed E-state index contributed by atoms with van der Waals surface area (Å²) in [6, 6.07) is 16.3. The number of likely N-dealkylation sites (tertiary alicyclic amines) is 1. The third kappa shape index (κ3) is 3.15. The molecule has 128 valence electrons. The molecule has 0 spiro atoms. The number of imide groups is 1. The molecule has 2 amide bonds. The zero-order valence-electron chi connectivity index (χ0n) is 13.9. The molecule has 2 aliphatic rings. The summed E-state index contributed by atoms with van der Waals surface area (Å²) in [4.78, 5) is 28.5. The van der Waals surface area contributed by atoms with Gasteiger partial charge < -0.3 is 4.74 Å². The van der Waals surface area contributed by atoms with E-state index in [-0.39, 0.29) is 24.3 Å². The number of benzene rings is 2. The highest BCUT2D eigenvalue weighted by Crippen LogP contribution is 2.30. The first-order valence-electron chi connectivity index (χ1n) is 8.66. The van der Waals surface area contributed by atoms with Crippen LogP contribution in [-0.2, 0) is 9.59 Å². The van der Waals surface area contributed by atoms with Gasteiger partial charge in [0.15, 0.2) is 0 Å². The van der Waals surface area contributed by atoms with Crippen LogP contribution in [0.1, 0.15) is 19.3 Å². The van der Waals surface area contributed by atoms with E-state index in [1.165, 1.54) is 4.90 Å². The van der Waals surface area contributed by atoms with Crippen LogP contribution < -0.4 is 9.64 Å². The van der Waals surface area contributed by atoms with Crippen molar-refractivity contribution in [1.82, 2.24) is 4.90 Å². The van der Waals surface area contributed by atoms with E-state index in [2.05, 4.69) is 4.90 Å². The molecule has 5 heteroatoms. The lowest BCUT2D eigenvalue weighted by molar-refractivity contribution is -0.122. The van der Waals surface area contributed by atoms with Crippen LogP contribution in [0.5, 0.6) is 11.5 Å². The minimum absolute atomic E-state index is 0.108. The standard InChI is InChI=1S/C20H20N2O3/c23-19-14-18(21-12-4-5-13-21)20(24)22(19)15-8-10-17(11-9-15)25-16-6-2-1-3-7-16/h1-3,6-11,18H,4-5,12-14H2/t18-/m0/s1. The highest BCUT2D eigenvalue weighted by Gasteiger charge is 2.43. The average Bonchev–Trinajstić information content (AvgIpc) is 3.25. The average molecular weight is 336 g/mol. The van der Waals surface area contributed by atoms with E-state index in [0.29, 0.717) is 11.4 Å². The van der Waals surface area contributed by atoms with Crippen LogP contribution in [0, 0.1) is 0 Å². The van der Waals surface area contributed by atoms with Crippen molar-refractivity contribution < 1.29 is 14.3 Å². The lowest BCUT2D eigenvalue weighted by atomic mass is 10.2. The molecule has 0 aliphatic carbocycles. The molecular weight excluding hydrogens is 316 g/mol. The summed E-state index contributed by atoms with van der Waals surface area (Å²) >= 11 is 0. The molecule has 0 bridgehead atoms. The monoisotopic (exact) mass is 336 g/mol. The molecule has 5 nitrogen and oxygen atoms in total. The number of para-hydroxylation sites is 1. The normalized spacial score (nSPS) is 21.1. The predicted molar refractivity (Wildman–Crippen MR) is 94.7 cm³/mol. The molecule has 0 N–H and O–H groups in total. The summed E-state index contributed by atoms with van der Waals surface area (Å²) in [6.45, 7) is 1.81. The molecule has 1 atom stereocenters. The van der Waals surface area contributed by atoms with E-state index in [9.17, 15) is 9.59 Å². The van der Waals surface area contributed by atoms with Gasteiger partial charge in [0.25, 0.3) is 5.91 Å². The summed E-state index contributed by atoms with van der Waals surface area (Å²) < 4.78 is 5.76. The van der Waals surface area contributed by atoms with Crippen LogP contribution in [0.15, 0.2) is 54.6 Å². The number of carbonyl (C=O) groups excluding carboxylic acids is 2. The number of ether oxygens (including phenoxy) is 1. The highest BCUT2D eigenvalue weighted by molar-refractivity contribution is 6.22. The quantitative estimate of drug-likeness (QED) is 0.805. The molecule has 2 saturated heterocycles. The molecule has 0 saturated carbocycles. The van der Waals surface area contributed by atoms with Gasteiger partial charge in [0.05, 0.1) is 18.2 Å². The number of rotatable bonds is 4. The Hall–Kier alpha value is -2.66. The number of amides is 2. The summed E-state index contributed by atoms with van der Waals surface area (Å²) in [5.74, 6) is 1.19. The van der Waals surface area contributed by atoms with Gasteiger partial charge in [-0.15, -0.1) is 0 Å². The van der Waals surface area contributed by atoms with Crippen molar-refractivity contribution >= 4 is 17.5 Å². The zero-order valence-corrected chi connectivity index (χ0v) is 13.9. The highest BCUT2D eigenvalue weighted by atomic mass is 16.5. The van der Waals surface area contributed by atoms with Crippen LogP contribution in [0.3, 0.4) is 0 Å². The summed E-state index contributed by atoms with van der Waals surface area (Å²) in [5.41, 5.74) is 0.608. The first-order valence-corrected chi connectivity index (χ1v) is 8.66. The molecule has 2 aromatic rings. The second-order valence-corrected chi connectivity index (χ2v) is 6.44. The van der Waals surface area contributed by atoms with Gasteiger partial charge in [-0.05, 0) is 62.3 Å². The van der Waals surface area contributed by atoms with Crippen molar-refractivity contribution in [3.8, 4) is 11.5 Å². The summed E-state index contributed by atoms with van der Waals surface area (Å²) in [7, 11) is 0. The molecule has 2 aliphatic heterocycles. The Bertz CT molecular complexity index is 767. The first-order chi connectivity index (χ1) is 12.2. The van der Waals surface area contributed by atoms with E-state index >= 15 is 0 Å². The molecule has 0 unspecified atom stereocenters. The molecular formula is C20H20N2O3. The maximum absolute atomic E-state index is 12.7. The second-order valence-electron chi connectivity index (χ2n) is 6.44. The SMILES string of the molecule is O=C1C[C@H](N2CCCC2)C(=O)N1c1ccc(Oc2ccccc2)cc1. The molecule has 4 rings (SSSR count). The van der Waals surface area contributed by atoms with Crippen molar-refractivity contribution in [3.63, 3.8) is 0 Å². The molecule has 2 heterocycles. The number of nitrogens with zero attached hydrogens (tertiary/aromatic N) is 2. The van der Waals surface area contributed by atoms with Crippen LogP contribution >= 0.6 is 0 Å². The van der Waals surface area contributed by atoms with Crippen LogP contribution in [-0.4, -0.2) is 35.8 Å². The first kappa shape index (κ1) is 15.8. The largest absolute Gasteiger partial charge is 0.457 e. The smallest absolute Gasteiger partial charge is 0.251 e.